The number of rotatable bonds is 5. The van der Waals surface area contributed by atoms with E-state index in [0.717, 1.165) is 5.56 Å². The summed E-state index contributed by atoms with van der Waals surface area (Å²) >= 11 is 0. The van der Waals surface area contributed by atoms with Crippen LogP contribution < -0.4 is 15.5 Å². The lowest BCUT2D eigenvalue weighted by Gasteiger charge is -2.07. The van der Waals surface area contributed by atoms with Gasteiger partial charge in [0.15, 0.2) is 0 Å². The normalized spacial score (nSPS) is 10.5. The molecule has 2 N–H and O–H groups in total. The smallest absolute Gasteiger partial charge is 0.256 e. The molecule has 0 aliphatic rings. The van der Waals surface area contributed by atoms with Crippen LogP contribution in [0.2, 0.25) is 0 Å². The van der Waals surface area contributed by atoms with Crippen LogP contribution in [0.4, 0.5) is 0 Å². The standard InChI is InChI=1S/C18H17N3O3/c1-24-13-2-3-14-16(10-13)21-11-15(17(14)22)18(23)20-9-6-12-4-7-19-8-5-12/h2-5,7-8,10-11H,6,9H2,1H3,(H,20,23)(H,21,22). The van der Waals surface area contributed by atoms with Gasteiger partial charge in [0.2, 0.25) is 5.43 Å². The number of H-pyrrole nitrogens is 1. The van der Waals surface area contributed by atoms with Crippen LogP contribution in [0.25, 0.3) is 10.9 Å². The second-order valence-corrected chi connectivity index (χ2v) is 5.30. The van der Waals surface area contributed by atoms with Crippen molar-refractivity contribution in [2.75, 3.05) is 13.7 Å². The molecule has 6 heteroatoms. The minimum absolute atomic E-state index is 0.0994. The minimum Gasteiger partial charge on any atom is -0.497 e. The van der Waals surface area contributed by atoms with Crippen molar-refractivity contribution in [3.63, 3.8) is 0 Å². The monoisotopic (exact) mass is 323 g/mol. The fourth-order valence-electron chi connectivity index (χ4n) is 2.46. The first-order chi connectivity index (χ1) is 11.7. The summed E-state index contributed by atoms with van der Waals surface area (Å²) in [5, 5.41) is 3.23. The second-order valence-electron chi connectivity index (χ2n) is 5.30. The zero-order valence-electron chi connectivity index (χ0n) is 13.2. The summed E-state index contributed by atoms with van der Waals surface area (Å²) in [5.74, 6) is 0.260. The third kappa shape index (κ3) is 3.27. The van der Waals surface area contributed by atoms with E-state index in [1.54, 1.807) is 37.7 Å². The number of hydrogen-bond donors (Lipinski definition) is 2. The molecule has 122 valence electrons. The molecule has 3 aromatic rings. The van der Waals surface area contributed by atoms with E-state index in [1.807, 2.05) is 12.1 Å². The molecule has 0 saturated carbocycles. The highest BCUT2D eigenvalue weighted by molar-refractivity contribution is 5.97. The lowest BCUT2D eigenvalue weighted by Crippen LogP contribution is -2.30. The van der Waals surface area contributed by atoms with Gasteiger partial charge in [0.05, 0.1) is 12.6 Å². The number of benzene rings is 1. The van der Waals surface area contributed by atoms with E-state index in [2.05, 4.69) is 15.3 Å². The number of hydrogen-bond acceptors (Lipinski definition) is 4. The van der Waals surface area contributed by atoms with Gasteiger partial charge in [-0.1, -0.05) is 0 Å². The van der Waals surface area contributed by atoms with Gasteiger partial charge in [-0.05, 0) is 36.2 Å². The van der Waals surface area contributed by atoms with Crippen molar-refractivity contribution in [2.24, 2.45) is 0 Å². The van der Waals surface area contributed by atoms with Gasteiger partial charge >= 0.3 is 0 Å². The van der Waals surface area contributed by atoms with Crippen LogP contribution >= 0.6 is 0 Å². The van der Waals surface area contributed by atoms with Gasteiger partial charge in [0, 0.05) is 36.6 Å². The Kier molecular flexibility index (Phi) is 4.56. The number of ether oxygens (including phenoxy) is 1. The SMILES string of the molecule is COc1ccc2c(=O)c(C(=O)NCCc3ccncc3)c[nH]c2c1. The second kappa shape index (κ2) is 6.95. The molecule has 2 heterocycles. The summed E-state index contributed by atoms with van der Waals surface area (Å²) in [7, 11) is 1.56. The molecule has 0 aliphatic heterocycles. The molecule has 0 atom stereocenters. The fourth-order valence-corrected chi connectivity index (χ4v) is 2.46. The van der Waals surface area contributed by atoms with Crippen LogP contribution in [0.5, 0.6) is 5.75 Å². The number of aromatic amines is 1. The minimum atomic E-state index is -0.386. The molecule has 1 amide bonds. The van der Waals surface area contributed by atoms with E-state index in [1.165, 1.54) is 6.20 Å². The maximum absolute atomic E-state index is 12.5. The molecule has 0 spiro atoms. The summed E-state index contributed by atoms with van der Waals surface area (Å²) < 4.78 is 5.13. The topological polar surface area (TPSA) is 84.1 Å². The largest absolute Gasteiger partial charge is 0.497 e. The molecule has 0 bridgehead atoms. The Hall–Kier alpha value is -3.15. The van der Waals surface area contributed by atoms with Crippen LogP contribution in [0.3, 0.4) is 0 Å². The number of amides is 1. The number of aromatic nitrogens is 2. The lowest BCUT2D eigenvalue weighted by molar-refractivity contribution is 0.0953. The van der Waals surface area contributed by atoms with Gasteiger partial charge in [-0.25, -0.2) is 0 Å². The average Bonchev–Trinajstić information content (AvgIpc) is 2.62. The quantitative estimate of drug-likeness (QED) is 0.751. The lowest BCUT2D eigenvalue weighted by atomic mass is 10.1. The van der Waals surface area contributed by atoms with Crippen molar-refractivity contribution < 1.29 is 9.53 Å². The van der Waals surface area contributed by atoms with Crippen molar-refractivity contribution in [3.8, 4) is 5.75 Å². The number of fused-ring (bicyclic) bond motifs is 1. The number of nitrogens with one attached hydrogen (secondary N) is 2. The average molecular weight is 323 g/mol. The molecular weight excluding hydrogens is 306 g/mol. The summed E-state index contributed by atoms with van der Waals surface area (Å²) in [6.07, 6.45) is 5.53. The molecule has 2 aromatic heterocycles. The molecule has 0 fully saturated rings. The number of carbonyl (C=O) groups excluding carboxylic acids is 1. The van der Waals surface area contributed by atoms with E-state index < -0.39 is 0 Å². The fraction of sp³-hybridized carbons (Fsp3) is 0.167. The summed E-state index contributed by atoms with van der Waals surface area (Å²) in [6.45, 7) is 0.447. The first-order valence-corrected chi connectivity index (χ1v) is 7.55. The zero-order chi connectivity index (χ0) is 16.9. The molecule has 6 nitrogen and oxygen atoms in total. The molecule has 3 rings (SSSR count). The van der Waals surface area contributed by atoms with E-state index in [-0.39, 0.29) is 16.9 Å². The molecule has 24 heavy (non-hydrogen) atoms. The molecule has 0 radical (unpaired) electrons. The Morgan fingerprint density at radius 1 is 1.25 bits per heavy atom. The van der Waals surface area contributed by atoms with Gasteiger partial charge in [0.1, 0.15) is 11.3 Å². The predicted molar refractivity (Wildman–Crippen MR) is 91.4 cm³/mol. The highest BCUT2D eigenvalue weighted by Crippen LogP contribution is 2.16. The third-order valence-corrected chi connectivity index (χ3v) is 3.78. The Morgan fingerprint density at radius 3 is 2.79 bits per heavy atom. The molecule has 0 unspecified atom stereocenters. The Bertz CT molecular complexity index is 920. The molecule has 0 aliphatic carbocycles. The van der Waals surface area contributed by atoms with Crippen LogP contribution in [0.15, 0.2) is 53.7 Å². The first-order valence-electron chi connectivity index (χ1n) is 7.55. The van der Waals surface area contributed by atoms with Crippen LogP contribution in [-0.2, 0) is 6.42 Å². The molecule has 1 aromatic carbocycles. The van der Waals surface area contributed by atoms with Crippen molar-refractivity contribution in [1.29, 1.82) is 0 Å². The van der Waals surface area contributed by atoms with Gasteiger partial charge in [-0.2, -0.15) is 0 Å². The van der Waals surface area contributed by atoms with Gasteiger partial charge < -0.3 is 15.0 Å². The first kappa shape index (κ1) is 15.7. The van der Waals surface area contributed by atoms with Crippen molar-refractivity contribution >= 4 is 16.8 Å². The van der Waals surface area contributed by atoms with Gasteiger partial charge in [0.25, 0.3) is 5.91 Å². The summed E-state index contributed by atoms with van der Waals surface area (Å²) in [4.78, 5) is 31.6. The van der Waals surface area contributed by atoms with Crippen LogP contribution in [0.1, 0.15) is 15.9 Å². The van der Waals surface area contributed by atoms with E-state index in [9.17, 15) is 9.59 Å². The maximum atomic E-state index is 12.5. The Morgan fingerprint density at radius 2 is 2.04 bits per heavy atom. The van der Waals surface area contributed by atoms with Gasteiger partial charge in [-0.3, -0.25) is 14.6 Å². The van der Waals surface area contributed by atoms with Crippen molar-refractivity contribution in [3.05, 3.63) is 70.3 Å². The Labute approximate surface area is 138 Å². The maximum Gasteiger partial charge on any atom is 0.256 e. The van der Waals surface area contributed by atoms with Crippen LogP contribution in [-0.4, -0.2) is 29.5 Å². The van der Waals surface area contributed by atoms with Gasteiger partial charge in [-0.15, -0.1) is 0 Å². The highest BCUT2D eigenvalue weighted by atomic mass is 16.5. The molecular formula is C18H17N3O3. The van der Waals surface area contributed by atoms with Crippen molar-refractivity contribution in [2.45, 2.75) is 6.42 Å². The van der Waals surface area contributed by atoms with Crippen molar-refractivity contribution in [1.82, 2.24) is 15.3 Å². The van der Waals surface area contributed by atoms with E-state index in [4.69, 9.17) is 4.74 Å². The van der Waals surface area contributed by atoms with E-state index >= 15 is 0 Å². The third-order valence-electron chi connectivity index (χ3n) is 3.78. The predicted octanol–water partition coefficient (Wildman–Crippen LogP) is 1.90. The number of methoxy groups -OCH3 is 1. The number of carbonyl (C=O) groups is 1. The highest BCUT2D eigenvalue weighted by Gasteiger charge is 2.13. The van der Waals surface area contributed by atoms with Crippen LogP contribution in [0, 0.1) is 0 Å². The van der Waals surface area contributed by atoms with E-state index in [0.29, 0.717) is 29.6 Å². The summed E-state index contributed by atoms with van der Waals surface area (Å²) in [6, 6.07) is 8.86. The summed E-state index contributed by atoms with van der Waals surface area (Å²) in [5.41, 5.74) is 1.51. The zero-order valence-corrected chi connectivity index (χ0v) is 13.2. The number of pyridine rings is 2. The Balaban J connectivity index is 1.75. The number of nitrogens with zero attached hydrogens (tertiary/aromatic N) is 1. The molecule has 0 saturated heterocycles.